The molecule has 1 aliphatic carbocycles. The highest BCUT2D eigenvalue weighted by atomic mass is 35.5. The monoisotopic (exact) mass is 172 g/mol. The average molecular weight is 173 g/mol. The van der Waals surface area contributed by atoms with Crippen LogP contribution < -0.4 is 0 Å². The molecule has 0 saturated carbocycles. The fraction of sp³-hybridized carbons (Fsp3) is 0.667. The van der Waals surface area contributed by atoms with E-state index in [4.69, 9.17) is 11.6 Å². The summed E-state index contributed by atoms with van der Waals surface area (Å²) in [4.78, 5) is 10.5. The molecule has 0 aromatic carbocycles. The second-order valence-electron chi connectivity index (χ2n) is 3.44. The highest BCUT2D eigenvalue weighted by Crippen LogP contribution is 2.34. The molecule has 0 saturated heterocycles. The first-order chi connectivity index (χ1) is 5.15. The van der Waals surface area contributed by atoms with Gasteiger partial charge < -0.3 is 0 Å². The third kappa shape index (κ3) is 1.84. The predicted octanol–water partition coefficient (Wildman–Crippen LogP) is 2.74. The van der Waals surface area contributed by atoms with Crippen LogP contribution in [0.4, 0.5) is 0 Å². The van der Waals surface area contributed by atoms with E-state index in [1.54, 1.807) is 0 Å². The van der Waals surface area contributed by atoms with Gasteiger partial charge in [0, 0.05) is 10.6 Å². The fourth-order valence-electron chi connectivity index (χ4n) is 1.68. The number of aldehydes is 1. The third-order valence-electron chi connectivity index (χ3n) is 2.21. The summed E-state index contributed by atoms with van der Waals surface area (Å²) in [7, 11) is 0. The maximum Gasteiger partial charge on any atom is 0.147 e. The summed E-state index contributed by atoms with van der Waals surface area (Å²) in [5, 5.41) is 0.776. The summed E-state index contributed by atoms with van der Waals surface area (Å²) in [6, 6.07) is 0. The van der Waals surface area contributed by atoms with Gasteiger partial charge in [0.1, 0.15) is 6.29 Å². The molecule has 11 heavy (non-hydrogen) atoms. The van der Waals surface area contributed by atoms with Gasteiger partial charge in [0.25, 0.3) is 0 Å². The minimum Gasteiger partial charge on any atom is -0.298 e. The largest absolute Gasteiger partial charge is 0.298 e. The van der Waals surface area contributed by atoms with Gasteiger partial charge in [-0.15, -0.1) is 0 Å². The number of rotatable bonds is 1. The summed E-state index contributed by atoms with van der Waals surface area (Å²) < 4.78 is 0. The van der Waals surface area contributed by atoms with Gasteiger partial charge in [-0.2, -0.15) is 0 Å². The molecule has 2 heteroatoms. The molecule has 62 valence electrons. The molecule has 1 rings (SSSR count). The highest BCUT2D eigenvalue weighted by Gasteiger charge is 2.22. The highest BCUT2D eigenvalue weighted by molar-refractivity contribution is 6.31. The van der Waals surface area contributed by atoms with Crippen LogP contribution in [0.2, 0.25) is 0 Å². The predicted molar refractivity (Wildman–Crippen MR) is 46.5 cm³/mol. The molecular formula is C9H13ClO. The van der Waals surface area contributed by atoms with Gasteiger partial charge in [-0.05, 0) is 24.7 Å². The molecule has 2 atom stereocenters. The zero-order chi connectivity index (χ0) is 8.43. The molecule has 0 aromatic heterocycles. The van der Waals surface area contributed by atoms with Gasteiger partial charge in [-0.25, -0.2) is 0 Å². The van der Waals surface area contributed by atoms with E-state index in [1.807, 2.05) is 0 Å². The van der Waals surface area contributed by atoms with Crippen LogP contribution in [0.3, 0.4) is 0 Å². The maximum atomic E-state index is 10.5. The Kier molecular flexibility index (Phi) is 2.72. The Bertz CT molecular complexity index is 196. The molecular weight excluding hydrogens is 160 g/mol. The van der Waals surface area contributed by atoms with Gasteiger partial charge in [0.05, 0.1) is 0 Å². The second-order valence-corrected chi connectivity index (χ2v) is 3.84. The topological polar surface area (TPSA) is 17.1 Å². The fourth-order valence-corrected chi connectivity index (χ4v) is 1.89. The SMILES string of the molecule is CC1CC(C=O)=C(Cl)C(C)C1. The van der Waals surface area contributed by atoms with Crippen LogP contribution in [0.1, 0.15) is 26.7 Å². The van der Waals surface area contributed by atoms with E-state index in [-0.39, 0.29) is 0 Å². The van der Waals surface area contributed by atoms with Crippen molar-refractivity contribution in [1.29, 1.82) is 0 Å². The lowest BCUT2D eigenvalue weighted by atomic mass is 9.84. The van der Waals surface area contributed by atoms with Crippen LogP contribution in [-0.4, -0.2) is 6.29 Å². The Morgan fingerprint density at radius 3 is 2.73 bits per heavy atom. The minimum atomic E-state index is 0.376. The molecule has 0 heterocycles. The van der Waals surface area contributed by atoms with E-state index in [1.165, 1.54) is 0 Å². The Labute approximate surface area is 72.4 Å². The lowest BCUT2D eigenvalue weighted by molar-refractivity contribution is -0.105. The van der Waals surface area contributed by atoms with Crippen molar-refractivity contribution in [3.8, 4) is 0 Å². The van der Waals surface area contributed by atoms with E-state index >= 15 is 0 Å². The summed E-state index contributed by atoms with van der Waals surface area (Å²) in [6.45, 7) is 4.23. The standard InChI is InChI=1S/C9H13ClO/c1-6-3-7(2)9(10)8(4-6)5-11/h5-7H,3-4H2,1-2H3. The average Bonchev–Trinajstić information content (AvgIpc) is 1.96. The van der Waals surface area contributed by atoms with Gasteiger partial charge in [0.2, 0.25) is 0 Å². The molecule has 0 amide bonds. The number of halogens is 1. The van der Waals surface area contributed by atoms with Gasteiger partial charge in [0.15, 0.2) is 0 Å². The lowest BCUT2D eigenvalue weighted by Crippen LogP contribution is -2.13. The maximum absolute atomic E-state index is 10.5. The van der Waals surface area contributed by atoms with Gasteiger partial charge >= 0.3 is 0 Å². The van der Waals surface area contributed by atoms with E-state index in [0.717, 1.165) is 29.7 Å². The van der Waals surface area contributed by atoms with Gasteiger partial charge in [-0.1, -0.05) is 25.4 Å². The molecule has 0 N–H and O–H groups in total. The second kappa shape index (κ2) is 3.40. The van der Waals surface area contributed by atoms with E-state index in [9.17, 15) is 4.79 Å². The Hall–Kier alpha value is -0.300. The molecule has 0 aromatic rings. The summed E-state index contributed by atoms with van der Waals surface area (Å²) in [5.74, 6) is 0.980. The van der Waals surface area contributed by atoms with Crippen LogP contribution >= 0.6 is 11.6 Å². The molecule has 0 bridgehead atoms. The summed E-state index contributed by atoms with van der Waals surface area (Å²) in [5.41, 5.74) is 0.804. The van der Waals surface area contributed by atoms with Crippen molar-refractivity contribution in [3.63, 3.8) is 0 Å². The number of carbonyl (C=O) groups is 1. The minimum absolute atomic E-state index is 0.376. The third-order valence-corrected chi connectivity index (χ3v) is 2.82. The van der Waals surface area contributed by atoms with Crippen molar-refractivity contribution in [2.45, 2.75) is 26.7 Å². The quantitative estimate of drug-likeness (QED) is 0.556. The number of allylic oxidation sites excluding steroid dienone is 2. The molecule has 0 aliphatic heterocycles. The Morgan fingerprint density at radius 2 is 2.18 bits per heavy atom. The summed E-state index contributed by atoms with van der Waals surface area (Å²) >= 11 is 5.95. The normalized spacial score (nSPS) is 32.3. The van der Waals surface area contributed by atoms with Crippen molar-refractivity contribution in [3.05, 3.63) is 10.6 Å². The van der Waals surface area contributed by atoms with Crippen molar-refractivity contribution >= 4 is 17.9 Å². The van der Waals surface area contributed by atoms with E-state index < -0.39 is 0 Å². The molecule has 0 spiro atoms. The van der Waals surface area contributed by atoms with E-state index in [0.29, 0.717) is 11.8 Å². The van der Waals surface area contributed by atoms with Crippen molar-refractivity contribution in [2.75, 3.05) is 0 Å². The van der Waals surface area contributed by atoms with Crippen molar-refractivity contribution < 1.29 is 4.79 Å². The van der Waals surface area contributed by atoms with Crippen LogP contribution in [0.25, 0.3) is 0 Å². The first-order valence-electron chi connectivity index (χ1n) is 3.99. The smallest absolute Gasteiger partial charge is 0.147 e. The van der Waals surface area contributed by atoms with Crippen molar-refractivity contribution in [2.24, 2.45) is 11.8 Å². The molecule has 1 aliphatic rings. The number of hydrogen-bond acceptors (Lipinski definition) is 1. The van der Waals surface area contributed by atoms with Crippen LogP contribution in [0.5, 0.6) is 0 Å². The zero-order valence-electron chi connectivity index (χ0n) is 6.93. The van der Waals surface area contributed by atoms with Crippen LogP contribution in [-0.2, 0) is 4.79 Å². The molecule has 0 fully saturated rings. The first kappa shape index (κ1) is 8.79. The van der Waals surface area contributed by atoms with Crippen LogP contribution in [0, 0.1) is 11.8 Å². The number of carbonyl (C=O) groups excluding carboxylic acids is 1. The van der Waals surface area contributed by atoms with Gasteiger partial charge in [-0.3, -0.25) is 4.79 Å². The molecule has 0 radical (unpaired) electrons. The molecule has 2 unspecified atom stereocenters. The number of hydrogen-bond donors (Lipinski definition) is 0. The lowest BCUT2D eigenvalue weighted by Gasteiger charge is -2.24. The summed E-state index contributed by atoms with van der Waals surface area (Å²) in [6.07, 6.45) is 2.86. The Balaban J connectivity index is 2.85. The molecule has 1 nitrogen and oxygen atoms in total. The zero-order valence-corrected chi connectivity index (χ0v) is 7.69. The van der Waals surface area contributed by atoms with E-state index in [2.05, 4.69) is 13.8 Å². The van der Waals surface area contributed by atoms with Crippen LogP contribution in [0.15, 0.2) is 10.6 Å². The van der Waals surface area contributed by atoms with Crippen molar-refractivity contribution in [1.82, 2.24) is 0 Å². The first-order valence-corrected chi connectivity index (χ1v) is 4.36. The Morgan fingerprint density at radius 1 is 1.55 bits per heavy atom.